The second-order valence-corrected chi connectivity index (χ2v) is 4.55. The van der Waals surface area contributed by atoms with Gasteiger partial charge in [-0.15, -0.1) is 0 Å². The molecule has 1 aromatic carbocycles. The average Bonchev–Trinajstić information content (AvgIpc) is 2.22. The Morgan fingerprint density at radius 3 is 2.80 bits per heavy atom. The van der Waals surface area contributed by atoms with E-state index in [4.69, 9.17) is 10.5 Å². The Morgan fingerprint density at radius 1 is 1.27 bits per heavy atom. The molecule has 1 aliphatic rings. The molecule has 0 spiro atoms. The lowest BCUT2D eigenvalue weighted by Crippen LogP contribution is -2.24. The molecule has 0 amide bonds. The fourth-order valence-electron chi connectivity index (χ4n) is 2.25. The molecule has 0 saturated heterocycles. The van der Waals surface area contributed by atoms with Gasteiger partial charge in [0.2, 0.25) is 0 Å². The van der Waals surface area contributed by atoms with Crippen LogP contribution in [0.2, 0.25) is 0 Å². The van der Waals surface area contributed by atoms with Crippen LogP contribution in [0.4, 0.5) is 5.69 Å². The van der Waals surface area contributed by atoms with Crippen LogP contribution in [0, 0.1) is 5.92 Å². The summed E-state index contributed by atoms with van der Waals surface area (Å²) >= 11 is 0. The summed E-state index contributed by atoms with van der Waals surface area (Å²) < 4.78 is 5.93. The lowest BCUT2D eigenvalue weighted by atomic mass is 9.89. The van der Waals surface area contributed by atoms with Crippen LogP contribution < -0.4 is 10.5 Å². The summed E-state index contributed by atoms with van der Waals surface area (Å²) in [6, 6.07) is 7.75. The van der Waals surface area contributed by atoms with Gasteiger partial charge in [0.05, 0.1) is 11.8 Å². The van der Waals surface area contributed by atoms with Crippen molar-refractivity contribution >= 4 is 5.69 Å². The summed E-state index contributed by atoms with van der Waals surface area (Å²) in [5.74, 6) is 1.63. The van der Waals surface area contributed by atoms with E-state index in [1.54, 1.807) is 0 Å². The maximum Gasteiger partial charge on any atom is 0.142 e. The summed E-state index contributed by atoms with van der Waals surface area (Å²) in [5.41, 5.74) is 6.59. The van der Waals surface area contributed by atoms with E-state index in [0.29, 0.717) is 6.10 Å². The zero-order chi connectivity index (χ0) is 10.7. The van der Waals surface area contributed by atoms with Crippen LogP contribution >= 0.6 is 0 Å². The fraction of sp³-hybridized carbons (Fsp3) is 0.538. The summed E-state index contributed by atoms with van der Waals surface area (Å²) in [7, 11) is 0. The Morgan fingerprint density at radius 2 is 2.07 bits per heavy atom. The summed E-state index contributed by atoms with van der Waals surface area (Å²) in [6.45, 7) is 2.30. The summed E-state index contributed by atoms with van der Waals surface area (Å²) in [4.78, 5) is 0. The average molecular weight is 205 g/mol. The maximum atomic E-state index is 5.93. The number of ether oxygens (including phenoxy) is 1. The Balaban J connectivity index is 1.99. The largest absolute Gasteiger partial charge is 0.488 e. The van der Waals surface area contributed by atoms with E-state index in [1.807, 2.05) is 24.3 Å². The van der Waals surface area contributed by atoms with Gasteiger partial charge in [-0.1, -0.05) is 25.5 Å². The van der Waals surface area contributed by atoms with E-state index >= 15 is 0 Å². The van der Waals surface area contributed by atoms with Gasteiger partial charge in [-0.25, -0.2) is 0 Å². The third-order valence-electron chi connectivity index (χ3n) is 3.10. The third kappa shape index (κ3) is 2.65. The molecular formula is C13H19NO. The normalized spacial score (nSPS) is 26.2. The van der Waals surface area contributed by atoms with Crippen LogP contribution in [0.1, 0.15) is 32.6 Å². The highest BCUT2D eigenvalue weighted by atomic mass is 16.5. The minimum atomic E-state index is 0.360. The van der Waals surface area contributed by atoms with Gasteiger partial charge in [0, 0.05) is 0 Å². The zero-order valence-electron chi connectivity index (χ0n) is 9.28. The Labute approximate surface area is 91.4 Å². The smallest absolute Gasteiger partial charge is 0.142 e. The first-order valence-electron chi connectivity index (χ1n) is 5.77. The molecule has 2 unspecified atom stereocenters. The number of anilines is 1. The van der Waals surface area contributed by atoms with Crippen LogP contribution in [-0.2, 0) is 0 Å². The van der Waals surface area contributed by atoms with E-state index in [2.05, 4.69) is 6.92 Å². The number of para-hydroxylation sites is 2. The van der Waals surface area contributed by atoms with Gasteiger partial charge in [-0.05, 0) is 37.3 Å². The molecular weight excluding hydrogens is 186 g/mol. The molecule has 2 rings (SSSR count). The molecule has 2 heteroatoms. The van der Waals surface area contributed by atoms with Gasteiger partial charge < -0.3 is 10.5 Å². The standard InChI is InChI=1S/C13H19NO/c1-10-5-4-6-11(9-10)15-13-8-3-2-7-12(13)14/h2-3,7-8,10-11H,4-6,9,14H2,1H3. The molecule has 0 bridgehead atoms. The van der Waals surface area contributed by atoms with Crippen molar-refractivity contribution < 1.29 is 4.74 Å². The molecule has 1 fully saturated rings. The monoisotopic (exact) mass is 205 g/mol. The zero-order valence-corrected chi connectivity index (χ0v) is 9.28. The number of hydrogen-bond donors (Lipinski definition) is 1. The number of nitrogens with two attached hydrogens (primary N) is 1. The number of benzene rings is 1. The second kappa shape index (κ2) is 4.56. The second-order valence-electron chi connectivity index (χ2n) is 4.55. The minimum Gasteiger partial charge on any atom is -0.488 e. The molecule has 1 aromatic rings. The number of hydrogen-bond acceptors (Lipinski definition) is 2. The Hall–Kier alpha value is -1.18. The van der Waals surface area contributed by atoms with Crippen molar-refractivity contribution in [3.8, 4) is 5.75 Å². The van der Waals surface area contributed by atoms with E-state index < -0.39 is 0 Å². The van der Waals surface area contributed by atoms with Crippen molar-refractivity contribution in [2.75, 3.05) is 5.73 Å². The van der Waals surface area contributed by atoms with Crippen molar-refractivity contribution in [3.63, 3.8) is 0 Å². The highest BCUT2D eigenvalue weighted by Gasteiger charge is 2.20. The molecule has 82 valence electrons. The van der Waals surface area contributed by atoms with Crippen molar-refractivity contribution in [2.45, 2.75) is 38.7 Å². The SMILES string of the molecule is CC1CCCC(Oc2ccccc2N)C1. The van der Waals surface area contributed by atoms with Gasteiger partial charge in [-0.2, -0.15) is 0 Å². The van der Waals surface area contributed by atoms with E-state index in [-0.39, 0.29) is 0 Å². The molecule has 0 aromatic heterocycles. The first-order chi connectivity index (χ1) is 7.25. The van der Waals surface area contributed by atoms with Crippen LogP contribution in [0.15, 0.2) is 24.3 Å². The summed E-state index contributed by atoms with van der Waals surface area (Å²) in [6.07, 6.45) is 5.30. The minimum absolute atomic E-state index is 0.360. The van der Waals surface area contributed by atoms with Crippen LogP contribution in [0.3, 0.4) is 0 Å². The molecule has 15 heavy (non-hydrogen) atoms. The van der Waals surface area contributed by atoms with Crippen molar-refractivity contribution in [1.82, 2.24) is 0 Å². The lowest BCUT2D eigenvalue weighted by molar-refractivity contribution is 0.130. The molecule has 0 radical (unpaired) electrons. The van der Waals surface area contributed by atoms with E-state index in [1.165, 1.54) is 19.3 Å². The van der Waals surface area contributed by atoms with Gasteiger partial charge in [0.15, 0.2) is 0 Å². The predicted octanol–water partition coefficient (Wildman–Crippen LogP) is 3.23. The highest BCUT2D eigenvalue weighted by Crippen LogP contribution is 2.29. The third-order valence-corrected chi connectivity index (χ3v) is 3.10. The number of rotatable bonds is 2. The summed E-state index contributed by atoms with van der Waals surface area (Å²) in [5, 5.41) is 0. The molecule has 0 aliphatic heterocycles. The van der Waals surface area contributed by atoms with Gasteiger partial charge in [-0.3, -0.25) is 0 Å². The first kappa shape index (κ1) is 10.3. The van der Waals surface area contributed by atoms with Crippen LogP contribution in [-0.4, -0.2) is 6.10 Å². The van der Waals surface area contributed by atoms with E-state index in [9.17, 15) is 0 Å². The van der Waals surface area contributed by atoms with Crippen LogP contribution in [0.5, 0.6) is 5.75 Å². The predicted molar refractivity (Wildman–Crippen MR) is 62.9 cm³/mol. The molecule has 2 nitrogen and oxygen atoms in total. The Kier molecular flexibility index (Phi) is 3.14. The van der Waals surface area contributed by atoms with E-state index in [0.717, 1.165) is 23.8 Å². The Bertz CT molecular complexity index is 324. The fourth-order valence-corrected chi connectivity index (χ4v) is 2.25. The maximum absolute atomic E-state index is 5.93. The molecule has 2 N–H and O–H groups in total. The van der Waals surface area contributed by atoms with Crippen molar-refractivity contribution in [1.29, 1.82) is 0 Å². The lowest BCUT2D eigenvalue weighted by Gasteiger charge is -2.27. The van der Waals surface area contributed by atoms with Crippen LogP contribution in [0.25, 0.3) is 0 Å². The van der Waals surface area contributed by atoms with Gasteiger partial charge in [0.1, 0.15) is 5.75 Å². The molecule has 1 aliphatic carbocycles. The van der Waals surface area contributed by atoms with Crippen molar-refractivity contribution in [3.05, 3.63) is 24.3 Å². The molecule has 1 saturated carbocycles. The topological polar surface area (TPSA) is 35.2 Å². The molecule has 2 atom stereocenters. The number of nitrogen functional groups attached to an aromatic ring is 1. The quantitative estimate of drug-likeness (QED) is 0.752. The first-order valence-corrected chi connectivity index (χ1v) is 5.77. The molecule has 0 heterocycles. The van der Waals surface area contributed by atoms with Gasteiger partial charge in [0.25, 0.3) is 0 Å². The van der Waals surface area contributed by atoms with Crippen molar-refractivity contribution in [2.24, 2.45) is 5.92 Å². The van der Waals surface area contributed by atoms with Gasteiger partial charge >= 0.3 is 0 Å². The highest BCUT2D eigenvalue weighted by molar-refractivity contribution is 5.51.